The van der Waals surface area contributed by atoms with Crippen molar-refractivity contribution in [2.24, 2.45) is 22.2 Å². The number of hydrogen-bond donors (Lipinski definition) is 0. The monoisotopic (exact) mass is 378 g/mol. The minimum absolute atomic E-state index is 0.0425. The van der Waals surface area contributed by atoms with E-state index in [1.807, 2.05) is 0 Å². The molecule has 4 rings (SSSR count). The molecule has 0 N–H and O–H groups in total. The van der Waals surface area contributed by atoms with E-state index in [4.69, 9.17) is 21.1 Å². The topological polar surface area (TPSA) is 18.5 Å². The molecule has 1 unspecified atom stereocenters. The molecule has 3 heteroatoms. The highest BCUT2D eigenvalue weighted by Gasteiger charge is 2.65. The third-order valence-corrected chi connectivity index (χ3v) is 8.49. The number of alkyl halides is 1. The van der Waals surface area contributed by atoms with Gasteiger partial charge in [-0.2, -0.15) is 0 Å². The van der Waals surface area contributed by atoms with Crippen molar-refractivity contribution in [3.05, 3.63) is 23.8 Å². The minimum atomic E-state index is -0.360. The Kier molecular flexibility index (Phi) is 4.86. The van der Waals surface area contributed by atoms with E-state index in [2.05, 4.69) is 39.0 Å². The molecule has 0 amide bonds. The second kappa shape index (κ2) is 6.64. The van der Waals surface area contributed by atoms with E-state index in [9.17, 15) is 0 Å². The van der Waals surface area contributed by atoms with E-state index < -0.39 is 0 Å². The van der Waals surface area contributed by atoms with Gasteiger partial charge in [0, 0.05) is 23.1 Å². The fourth-order valence-electron chi connectivity index (χ4n) is 7.05. The highest BCUT2D eigenvalue weighted by Crippen LogP contribution is 2.69. The predicted molar refractivity (Wildman–Crippen MR) is 107 cm³/mol. The molecule has 1 aliphatic heterocycles. The van der Waals surface area contributed by atoms with Crippen LogP contribution in [0.25, 0.3) is 0 Å². The molecule has 0 aromatic rings. The lowest BCUT2D eigenvalue weighted by molar-refractivity contribution is -0.284. The van der Waals surface area contributed by atoms with Gasteiger partial charge in [0.05, 0.1) is 13.2 Å². The maximum Gasteiger partial charge on any atom is 0.173 e. The third-order valence-electron chi connectivity index (χ3n) is 8.27. The Hall–Kier alpha value is -0.310. The van der Waals surface area contributed by atoms with Gasteiger partial charge in [0.2, 0.25) is 0 Å². The summed E-state index contributed by atoms with van der Waals surface area (Å²) in [6, 6.07) is 0. The maximum atomic E-state index is 6.26. The Morgan fingerprint density at radius 1 is 1.12 bits per heavy atom. The van der Waals surface area contributed by atoms with E-state index in [1.54, 1.807) is 5.57 Å². The van der Waals surface area contributed by atoms with Crippen LogP contribution >= 0.6 is 11.6 Å². The Labute approximate surface area is 164 Å². The Morgan fingerprint density at radius 2 is 1.88 bits per heavy atom. The molecule has 3 fully saturated rings. The summed E-state index contributed by atoms with van der Waals surface area (Å²) in [5, 5.41) is 0. The summed E-state index contributed by atoms with van der Waals surface area (Å²) in [6.45, 7) is 8.85. The second-order valence-corrected chi connectivity index (χ2v) is 10.1. The highest BCUT2D eigenvalue weighted by atomic mass is 35.5. The van der Waals surface area contributed by atoms with Crippen molar-refractivity contribution in [2.75, 3.05) is 19.1 Å². The van der Waals surface area contributed by atoms with Gasteiger partial charge in [0.15, 0.2) is 5.79 Å². The average molecular weight is 379 g/mol. The first-order valence-electron chi connectivity index (χ1n) is 10.6. The Bertz CT molecular complexity index is 601. The molecule has 2 nitrogen and oxygen atoms in total. The summed E-state index contributed by atoms with van der Waals surface area (Å²) in [4.78, 5) is 0. The number of hydrogen-bond acceptors (Lipinski definition) is 2. The molecule has 0 aromatic carbocycles. The smallest absolute Gasteiger partial charge is 0.173 e. The van der Waals surface area contributed by atoms with Crippen LogP contribution in [0.4, 0.5) is 0 Å². The summed E-state index contributed by atoms with van der Waals surface area (Å²) in [6.07, 6.45) is 17.0. The van der Waals surface area contributed by atoms with Crippen molar-refractivity contribution < 1.29 is 9.47 Å². The molecule has 4 aliphatic rings. The van der Waals surface area contributed by atoms with E-state index >= 15 is 0 Å². The Morgan fingerprint density at radius 3 is 2.62 bits per heavy atom. The van der Waals surface area contributed by atoms with Gasteiger partial charge >= 0.3 is 0 Å². The fourth-order valence-corrected chi connectivity index (χ4v) is 7.18. The van der Waals surface area contributed by atoms with Gasteiger partial charge in [-0.3, -0.25) is 0 Å². The van der Waals surface area contributed by atoms with Crippen LogP contribution < -0.4 is 0 Å². The van der Waals surface area contributed by atoms with Gasteiger partial charge in [0.1, 0.15) is 0 Å². The zero-order valence-electron chi connectivity index (χ0n) is 16.8. The first-order chi connectivity index (χ1) is 12.4. The van der Waals surface area contributed by atoms with Gasteiger partial charge in [-0.15, -0.1) is 11.6 Å². The zero-order valence-corrected chi connectivity index (χ0v) is 17.5. The molecule has 0 radical (unpaired) electrons. The molecule has 0 bridgehead atoms. The first-order valence-corrected chi connectivity index (χ1v) is 11.2. The van der Waals surface area contributed by atoms with Crippen molar-refractivity contribution in [3.63, 3.8) is 0 Å². The molecule has 1 heterocycles. The van der Waals surface area contributed by atoms with E-state index in [-0.39, 0.29) is 22.0 Å². The van der Waals surface area contributed by atoms with Crippen molar-refractivity contribution in [1.82, 2.24) is 0 Å². The lowest BCUT2D eigenvalue weighted by atomic mass is 9.42. The fraction of sp³-hybridized carbons (Fsp3) is 0.826. The van der Waals surface area contributed by atoms with Crippen molar-refractivity contribution in [1.29, 1.82) is 0 Å². The average Bonchev–Trinajstić information content (AvgIpc) is 3.10. The van der Waals surface area contributed by atoms with E-state index in [0.29, 0.717) is 5.92 Å². The van der Waals surface area contributed by atoms with Crippen molar-refractivity contribution >= 4 is 11.6 Å². The molecule has 1 spiro atoms. The largest absolute Gasteiger partial charge is 0.347 e. The third kappa shape index (κ3) is 2.58. The molecule has 0 aromatic heterocycles. The highest BCUT2D eigenvalue weighted by molar-refractivity contribution is 6.17. The summed E-state index contributed by atoms with van der Waals surface area (Å²) in [7, 11) is 0. The molecule has 2 saturated carbocycles. The van der Waals surface area contributed by atoms with Crippen LogP contribution in [0.5, 0.6) is 0 Å². The maximum absolute atomic E-state index is 6.26. The van der Waals surface area contributed by atoms with Crippen LogP contribution in [0.3, 0.4) is 0 Å². The number of rotatable bonds is 3. The molecule has 3 aliphatic carbocycles. The first kappa shape index (κ1) is 19.0. The zero-order chi connectivity index (χ0) is 18.5. The standard InChI is InChI=1S/C23H35ClO2/c1-20(2)18-9-12-22(11-6-7-15-24)10-5-4-8-19(22)21(18,3)13-14-23(20)25-16-17-26-23/h6,8,11,18H,4-5,7,9-10,12-17H2,1-3H3/b11-6+/t18?,21-,22-/m0/s1. The van der Waals surface area contributed by atoms with Gasteiger partial charge < -0.3 is 9.47 Å². The number of allylic oxidation sites excluding steroid dienone is 4. The molecule has 1 saturated heterocycles. The molecule has 3 atom stereocenters. The van der Waals surface area contributed by atoms with Crippen molar-refractivity contribution in [3.8, 4) is 0 Å². The molecule has 26 heavy (non-hydrogen) atoms. The van der Waals surface area contributed by atoms with Gasteiger partial charge in [-0.1, -0.05) is 44.6 Å². The number of fused-ring (bicyclic) bond motifs is 3. The summed E-state index contributed by atoms with van der Waals surface area (Å²) >= 11 is 5.94. The van der Waals surface area contributed by atoms with Crippen molar-refractivity contribution in [2.45, 2.75) is 77.9 Å². The van der Waals surface area contributed by atoms with Crippen LogP contribution in [0.2, 0.25) is 0 Å². The lowest BCUT2D eigenvalue weighted by Crippen LogP contribution is -2.61. The summed E-state index contributed by atoms with van der Waals surface area (Å²) in [5.74, 6) is 0.970. The number of halogens is 1. The van der Waals surface area contributed by atoms with Crippen LogP contribution in [-0.2, 0) is 9.47 Å². The van der Waals surface area contributed by atoms with Gasteiger partial charge in [-0.25, -0.2) is 0 Å². The molecular formula is C23H35ClO2. The number of ether oxygens (including phenoxy) is 2. The van der Waals surface area contributed by atoms with E-state index in [0.717, 1.165) is 31.9 Å². The molecule has 146 valence electrons. The van der Waals surface area contributed by atoms with Crippen LogP contribution in [0.1, 0.15) is 72.1 Å². The van der Waals surface area contributed by atoms with Crippen LogP contribution in [0, 0.1) is 22.2 Å². The lowest BCUT2D eigenvalue weighted by Gasteiger charge is -2.64. The second-order valence-electron chi connectivity index (χ2n) is 9.73. The quantitative estimate of drug-likeness (QED) is 0.427. The van der Waals surface area contributed by atoms with Crippen LogP contribution in [0.15, 0.2) is 23.8 Å². The van der Waals surface area contributed by atoms with Gasteiger partial charge in [0.25, 0.3) is 0 Å². The van der Waals surface area contributed by atoms with Gasteiger partial charge in [-0.05, 0) is 56.3 Å². The molecular weight excluding hydrogens is 344 g/mol. The van der Waals surface area contributed by atoms with Crippen LogP contribution in [-0.4, -0.2) is 24.9 Å². The predicted octanol–water partition coefficient (Wildman–Crippen LogP) is 6.25. The Balaban J connectivity index is 1.71. The summed E-state index contributed by atoms with van der Waals surface area (Å²) < 4.78 is 12.5. The minimum Gasteiger partial charge on any atom is -0.347 e. The SMILES string of the molecule is CC1(C)C2CC[C@@]3(/C=C/CCCl)CCCC=C3[C@@]2(C)CCC12OCCO2. The van der Waals surface area contributed by atoms with E-state index in [1.165, 1.54) is 38.5 Å². The summed E-state index contributed by atoms with van der Waals surface area (Å²) in [5.41, 5.74) is 2.29. The normalized spacial score (nSPS) is 41.1.